The van der Waals surface area contributed by atoms with Crippen molar-refractivity contribution in [1.29, 1.82) is 5.26 Å². The van der Waals surface area contributed by atoms with E-state index in [-0.39, 0.29) is 18.6 Å². The van der Waals surface area contributed by atoms with Gasteiger partial charge >= 0.3 is 5.97 Å². The molecular weight excluding hydrogens is 186 g/mol. The molecule has 0 rings (SSSR count). The molecule has 0 radical (unpaired) electrons. The molecule has 0 fully saturated rings. The second-order valence-corrected chi connectivity index (χ2v) is 2.46. The van der Waals surface area contributed by atoms with Gasteiger partial charge in [0.1, 0.15) is 0 Å². The first-order valence-electron chi connectivity index (χ1n) is 4.11. The van der Waals surface area contributed by atoms with Crippen LogP contribution < -0.4 is 0 Å². The monoisotopic (exact) mass is 199 g/mol. The van der Waals surface area contributed by atoms with Crippen molar-refractivity contribution >= 4 is 5.97 Å². The third-order valence-electron chi connectivity index (χ3n) is 1.46. The molecule has 0 heterocycles. The molecule has 0 aromatic rings. The molecule has 0 saturated heterocycles. The van der Waals surface area contributed by atoms with Crippen molar-refractivity contribution < 1.29 is 19.4 Å². The van der Waals surface area contributed by atoms with Crippen molar-refractivity contribution in [2.24, 2.45) is 0 Å². The lowest BCUT2D eigenvalue weighted by Crippen LogP contribution is -2.07. The molecule has 1 N–H and O–H groups in total. The van der Waals surface area contributed by atoms with E-state index in [4.69, 9.17) is 19.8 Å². The number of nitriles is 1. The average Bonchev–Trinajstić information content (AvgIpc) is 2.15. The largest absolute Gasteiger partial charge is 0.478 e. The average molecular weight is 199 g/mol. The van der Waals surface area contributed by atoms with Crippen molar-refractivity contribution in [3.8, 4) is 6.07 Å². The first-order chi connectivity index (χ1) is 6.72. The number of aliphatic carboxylic acids is 1. The molecule has 78 valence electrons. The maximum atomic E-state index is 10.5. The maximum absolute atomic E-state index is 10.5. The number of allylic oxidation sites excluding steroid dienone is 1. The Balaban J connectivity index is 3.69. The Labute approximate surface area is 82.5 Å². The first kappa shape index (κ1) is 12.6. The fourth-order valence-electron chi connectivity index (χ4n) is 0.745. The van der Waals surface area contributed by atoms with Crippen molar-refractivity contribution in [2.45, 2.75) is 6.42 Å². The van der Waals surface area contributed by atoms with Gasteiger partial charge in [-0.2, -0.15) is 5.26 Å². The summed E-state index contributed by atoms with van der Waals surface area (Å²) in [6.07, 6.45) is 1.24. The molecule has 0 aliphatic rings. The molecule has 5 heteroatoms. The highest BCUT2D eigenvalue weighted by Gasteiger charge is 2.05. The van der Waals surface area contributed by atoms with Crippen LogP contribution in [-0.4, -0.2) is 38.0 Å². The summed E-state index contributed by atoms with van der Waals surface area (Å²) in [7, 11) is 1.56. The van der Waals surface area contributed by atoms with Gasteiger partial charge in [-0.15, -0.1) is 0 Å². The molecule has 0 amide bonds. The molecule has 0 aromatic heterocycles. The van der Waals surface area contributed by atoms with Gasteiger partial charge in [-0.1, -0.05) is 0 Å². The Morgan fingerprint density at radius 2 is 2.21 bits per heavy atom. The van der Waals surface area contributed by atoms with Crippen LogP contribution in [0.2, 0.25) is 0 Å². The minimum atomic E-state index is -1.08. The van der Waals surface area contributed by atoms with E-state index in [0.717, 1.165) is 6.08 Å². The van der Waals surface area contributed by atoms with Crippen LogP contribution in [0.5, 0.6) is 0 Å². The summed E-state index contributed by atoms with van der Waals surface area (Å²) in [5, 5.41) is 16.9. The van der Waals surface area contributed by atoms with Gasteiger partial charge in [0.2, 0.25) is 0 Å². The number of carbonyl (C=O) groups is 1. The van der Waals surface area contributed by atoms with Gasteiger partial charge < -0.3 is 14.6 Å². The summed E-state index contributed by atoms with van der Waals surface area (Å²) >= 11 is 0. The van der Waals surface area contributed by atoms with Crippen LogP contribution in [0.3, 0.4) is 0 Å². The van der Waals surface area contributed by atoms with Gasteiger partial charge in [-0.05, 0) is 0 Å². The molecule has 5 nitrogen and oxygen atoms in total. The van der Waals surface area contributed by atoms with Gasteiger partial charge in [0.05, 0.1) is 25.9 Å². The second kappa shape index (κ2) is 8.23. The number of hydrogen-bond acceptors (Lipinski definition) is 4. The van der Waals surface area contributed by atoms with Crippen molar-refractivity contribution in [2.75, 3.05) is 26.9 Å². The maximum Gasteiger partial charge on any atom is 0.332 e. The molecule has 14 heavy (non-hydrogen) atoms. The zero-order valence-electron chi connectivity index (χ0n) is 8.02. The number of ether oxygens (including phenoxy) is 2. The van der Waals surface area contributed by atoms with Crippen LogP contribution in [0.1, 0.15) is 6.42 Å². The lowest BCUT2D eigenvalue weighted by molar-refractivity contribution is -0.132. The van der Waals surface area contributed by atoms with Crippen molar-refractivity contribution in [3.05, 3.63) is 11.6 Å². The molecule has 0 aliphatic heterocycles. The highest BCUT2D eigenvalue weighted by atomic mass is 16.5. The predicted molar refractivity (Wildman–Crippen MR) is 48.6 cm³/mol. The zero-order valence-corrected chi connectivity index (χ0v) is 8.02. The van der Waals surface area contributed by atoms with Gasteiger partial charge in [-0.3, -0.25) is 0 Å². The van der Waals surface area contributed by atoms with E-state index >= 15 is 0 Å². The number of hydrogen-bond donors (Lipinski definition) is 1. The quantitative estimate of drug-likeness (QED) is 0.368. The van der Waals surface area contributed by atoms with E-state index in [2.05, 4.69) is 0 Å². The van der Waals surface area contributed by atoms with Gasteiger partial charge in [0.15, 0.2) is 0 Å². The molecule has 0 atom stereocenters. The van der Waals surface area contributed by atoms with Crippen LogP contribution in [0.15, 0.2) is 11.6 Å². The van der Waals surface area contributed by atoms with E-state index < -0.39 is 5.97 Å². The highest BCUT2D eigenvalue weighted by molar-refractivity contribution is 5.87. The van der Waals surface area contributed by atoms with Crippen LogP contribution in [0.4, 0.5) is 0 Å². The number of carboxylic acids is 1. The molecule has 0 aliphatic carbocycles. The summed E-state index contributed by atoms with van der Waals surface area (Å²) in [6.45, 7) is 1.18. The summed E-state index contributed by atoms with van der Waals surface area (Å²) in [5.41, 5.74) is 0.0601. The minimum absolute atomic E-state index is 0.0601. The Kier molecular flexibility index (Phi) is 7.42. The van der Waals surface area contributed by atoms with Crippen LogP contribution in [0, 0.1) is 11.3 Å². The fourth-order valence-corrected chi connectivity index (χ4v) is 0.745. The summed E-state index contributed by atoms with van der Waals surface area (Å²) in [6, 6.07) is 1.68. The van der Waals surface area contributed by atoms with E-state index in [0.29, 0.717) is 13.2 Å². The Hall–Kier alpha value is -1.38. The van der Waals surface area contributed by atoms with Crippen LogP contribution in [0.25, 0.3) is 0 Å². The molecule has 0 saturated carbocycles. The first-order valence-corrected chi connectivity index (χ1v) is 4.11. The van der Waals surface area contributed by atoms with Gasteiger partial charge in [0.25, 0.3) is 0 Å². The molecule has 0 unspecified atom stereocenters. The Bertz CT molecular complexity index is 242. The molecular formula is C9H13NO4. The number of rotatable bonds is 7. The van der Waals surface area contributed by atoms with Crippen molar-refractivity contribution in [1.82, 2.24) is 0 Å². The molecule has 0 bridgehead atoms. The number of methoxy groups -OCH3 is 1. The molecule has 0 aromatic carbocycles. The summed E-state index contributed by atoms with van der Waals surface area (Å²) in [5.74, 6) is -1.08. The van der Waals surface area contributed by atoms with E-state index in [1.54, 1.807) is 13.2 Å². The lowest BCUT2D eigenvalue weighted by Gasteiger charge is -2.03. The normalized spacial score (nSPS) is 11.0. The zero-order chi connectivity index (χ0) is 10.8. The lowest BCUT2D eigenvalue weighted by atomic mass is 10.2. The Morgan fingerprint density at radius 3 is 2.71 bits per heavy atom. The van der Waals surface area contributed by atoms with E-state index in [1.165, 1.54) is 0 Å². The predicted octanol–water partition coefficient (Wildman–Crippen LogP) is 0.574. The van der Waals surface area contributed by atoms with Crippen LogP contribution >= 0.6 is 0 Å². The standard InChI is InChI=1S/C9H13NO4/c1-13-6-7-14-5-3-8(2-4-10)9(11)12/h2H,3,5-7H2,1H3,(H,11,12). The Morgan fingerprint density at radius 1 is 1.50 bits per heavy atom. The number of carboxylic acid groups (broad SMARTS) is 1. The van der Waals surface area contributed by atoms with Gasteiger partial charge in [0, 0.05) is 25.2 Å². The summed E-state index contributed by atoms with van der Waals surface area (Å²) < 4.78 is 9.80. The smallest absolute Gasteiger partial charge is 0.332 e. The third kappa shape index (κ3) is 6.17. The van der Waals surface area contributed by atoms with E-state index in [9.17, 15) is 4.79 Å². The van der Waals surface area contributed by atoms with Crippen molar-refractivity contribution in [3.63, 3.8) is 0 Å². The number of nitrogens with zero attached hydrogens (tertiary/aromatic N) is 1. The minimum Gasteiger partial charge on any atom is -0.478 e. The van der Waals surface area contributed by atoms with Crippen LogP contribution in [-0.2, 0) is 14.3 Å². The topological polar surface area (TPSA) is 79.5 Å². The van der Waals surface area contributed by atoms with E-state index in [1.807, 2.05) is 0 Å². The summed E-state index contributed by atoms with van der Waals surface area (Å²) in [4.78, 5) is 10.5. The molecule has 0 spiro atoms. The van der Waals surface area contributed by atoms with Gasteiger partial charge in [-0.25, -0.2) is 4.79 Å². The SMILES string of the molecule is COCCOCCC(=CC#N)C(=O)O. The fraction of sp³-hybridized carbons (Fsp3) is 0.556. The second-order valence-electron chi connectivity index (χ2n) is 2.46. The third-order valence-corrected chi connectivity index (χ3v) is 1.46. The highest BCUT2D eigenvalue weighted by Crippen LogP contribution is 2.01.